The summed E-state index contributed by atoms with van der Waals surface area (Å²) >= 11 is 1.55. The fourth-order valence-corrected chi connectivity index (χ4v) is 6.15. The number of sulfonamides is 1. The van der Waals surface area contributed by atoms with Gasteiger partial charge in [-0.15, -0.1) is 0 Å². The molecule has 1 aliphatic rings. The highest BCUT2D eigenvalue weighted by atomic mass is 32.2. The van der Waals surface area contributed by atoms with Gasteiger partial charge in [-0.3, -0.25) is 4.79 Å². The third kappa shape index (κ3) is 4.91. The molecule has 0 bridgehead atoms. The summed E-state index contributed by atoms with van der Waals surface area (Å²) in [5.41, 5.74) is 0.971. The zero-order valence-corrected chi connectivity index (χ0v) is 18.4. The number of benzene rings is 2. The molecule has 0 aromatic heterocycles. The van der Waals surface area contributed by atoms with Crippen molar-refractivity contribution in [2.45, 2.75) is 49.1 Å². The van der Waals surface area contributed by atoms with E-state index >= 15 is 0 Å². The Kier molecular flexibility index (Phi) is 6.82. The van der Waals surface area contributed by atoms with Crippen LogP contribution in [0.1, 0.15) is 25.8 Å². The van der Waals surface area contributed by atoms with Crippen molar-refractivity contribution in [3.05, 3.63) is 71.1 Å². The van der Waals surface area contributed by atoms with Gasteiger partial charge < -0.3 is 4.74 Å². The van der Waals surface area contributed by atoms with Gasteiger partial charge in [-0.2, -0.15) is 4.31 Å². The largest absolute Gasteiger partial charge is 0.465 e. The molecule has 154 valence electrons. The van der Waals surface area contributed by atoms with Crippen LogP contribution in [0.2, 0.25) is 0 Å². The zero-order chi connectivity index (χ0) is 21.0. The standard InChI is InChI=1S/C22H25NO4S2/c1-4-27-22(24)21-15-19(28-18-8-6-5-7-9-18)14-17(3)23(21)29(25,26)20-12-10-16(2)11-13-20/h5-14,17,21H,4,15H2,1-3H3/t17-,21-/m0/s1. The molecule has 2 aromatic rings. The minimum Gasteiger partial charge on any atom is -0.465 e. The van der Waals surface area contributed by atoms with Crippen molar-refractivity contribution in [1.29, 1.82) is 0 Å². The first-order chi connectivity index (χ1) is 13.8. The molecule has 0 N–H and O–H groups in total. The van der Waals surface area contributed by atoms with Gasteiger partial charge in [0.2, 0.25) is 10.0 Å². The third-order valence-electron chi connectivity index (χ3n) is 4.68. The lowest BCUT2D eigenvalue weighted by Gasteiger charge is -2.37. The van der Waals surface area contributed by atoms with Crippen LogP contribution in [0.3, 0.4) is 0 Å². The molecule has 0 saturated carbocycles. The summed E-state index contributed by atoms with van der Waals surface area (Å²) in [4.78, 5) is 14.9. The van der Waals surface area contributed by atoms with E-state index in [1.54, 1.807) is 49.9 Å². The van der Waals surface area contributed by atoms with E-state index < -0.39 is 28.1 Å². The van der Waals surface area contributed by atoms with Crippen molar-refractivity contribution >= 4 is 27.8 Å². The Morgan fingerprint density at radius 1 is 1.14 bits per heavy atom. The number of rotatable bonds is 6. The molecule has 2 aromatic carbocycles. The van der Waals surface area contributed by atoms with E-state index in [1.807, 2.05) is 43.3 Å². The average Bonchev–Trinajstić information content (AvgIpc) is 2.68. The molecule has 0 amide bonds. The highest BCUT2D eigenvalue weighted by molar-refractivity contribution is 8.03. The Hall–Kier alpha value is -2.09. The zero-order valence-electron chi connectivity index (χ0n) is 16.7. The monoisotopic (exact) mass is 431 g/mol. The minimum atomic E-state index is -3.86. The van der Waals surface area contributed by atoms with E-state index in [0.29, 0.717) is 0 Å². The first-order valence-corrected chi connectivity index (χ1v) is 11.8. The highest BCUT2D eigenvalue weighted by Gasteiger charge is 2.42. The molecule has 1 heterocycles. The number of carbonyl (C=O) groups excluding carboxylic acids is 1. The third-order valence-corrected chi connectivity index (χ3v) is 7.76. The fraction of sp³-hybridized carbons (Fsp3) is 0.318. The summed E-state index contributed by atoms with van der Waals surface area (Å²) in [5, 5.41) is 0. The van der Waals surface area contributed by atoms with Gasteiger partial charge in [0.25, 0.3) is 0 Å². The average molecular weight is 432 g/mol. The van der Waals surface area contributed by atoms with Gasteiger partial charge >= 0.3 is 5.97 Å². The quantitative estimate of drug-likeness (QED) is 0.635. The van der Waals surface area contributed by atoms with Gasteiger partial charge in [-0.1, -0.05) is 53.7 Å². The predicted molar refractivity (Wildman–Crippen MR) is 115 cm³/mol. The summed E-state index contributed by atoms with van der Waals surface area (Å²) in [5.74, 6) is -0.519. The van der Waals surface area contributed by atoms with Crippen molar-refractivity contribution in [2.75, 3.05) is 6.61 Å². The number of hydrogen-bond donors (Lipinski definition) is 0. The Labute approximate surface area is 176 Å². The van der Waals surface area contributed by atoms with Crippen LogP contribution in [-0.2, 0) is 19.6 Å². The fourth-order valence-electron chi connectivity index (χ4n) is 3.33. The molecule has 7 heteroatoms. The van der Waals surface area contributed by atoms with E-state index in [2.05, 4.69) is 0 Å². The Balaban J connectivity index is 1.97. The number of nitrogens with zero attached hydrogens (tertiary/aromatic N) is 1. The molecular weight excluding hydrogens is 406 g/mol. The van der Waals surface area contributed by atoms with Crippen LogP contribution in [0.15, 0.2) is 75.4 Å². The molecule has 29 heavy (non-hydrogen) atoms. The van der Waals surface area contributed by atoms with Gasteiger partial charge in [-0.05, 0) is 49.9 Å². The summed E-state index contributed by atoms with van der Waals surface area (Å²) in [6.07, 6.45) is 2.20. The maximum atomic E-state index is 13.4. The number of hydrogen-bond acceptors (Lipinski definition) is 5. The van der Waals surface area contributed by atoms with Crippen molar-refractivity contribution in [2.24, 2.45) is 0 Å². The minimum absolute atomic E-state index is 0.178. The van der Waals surface area contributed by atoms with E-state index in [9.17, 15) is 13.2 Å². The summed E-state index contributed by atoms with van der Waals surface area (Å²) < 4.78 is 33.3. The van der Waals surface area contributed by atoms with E-state index in [1.165, 1.54) is 4.31 Å². The number of ether oxygens (including phenoxy) is 1. The predicted octanol–water partition coefficient (Wildman–Crippen LogP) is 4.39. The first-order valence-electron chi connectivity index (χ1n) is 9.53. The van der Waals surface area contributed by atoms with Gasteiger partial charge in [0.1, 0.15) is 6.04 Å². The van der Waals surface area contributed by atoms with Crippen molar-refractivity contribution in [3.8, 4) is 0 Å². The maximum absolute atomic E-state index is 13.4. The van der Waals surface area contributed by atoms with Gasteiger partial charge in [0.15, 0.2) is 0 Å². The Morgan fingerprint density at radius 2 is 1.79 bits per heavy atom. The molecule has 0 radical (unpaired) electrons. The lowest BCUT2D eigenvalue weighted by molar-refractivity contribution is -0.148. The molecule has 0 saturated heterocycles. The van der Waals surface area contributed by atoms with Crippen LogP contribution < -0.4 is 0 Å². The number of esters is 1. The van der Waals surface area contributed by atoms with E-state index in [0.717, 1.165) is 15.4 Å². The molecule has 2 atom stereocenters. The summed E-state index contributed by atoms with van der Waals surface area (Å²) in [7, 11) is -3.86. The number of carbonyl (C=O) groups is 1. The molecule has 1 aliphatic heterocycles. The van der Waals surface area contributed by atoms with Crippen molar-refractivity contribution < 1.29 is 17.9 Å². The van der Waals surface area contributed by atoms with Crippen LogP contribution in [0, 0.1) is 6.92 Å². The van der Waals surface area contributed by atoms with Crippen LogP contribution in [0.5, 0.6) is 0 Å². The lowest BCUT2D eigenvalue weighted by Crippen LogP contribution is -2.51. The second kappa shape index (κ2) is 9.15. The van der Waals surface area contributed by atoms with Crippen LogP contribution in [0.25, 0.3) is 0 Å². The SMILES string of the molecule is CCOC(=O)[C@@H]1CC(Sc2ccccc2)=C[C@H](C)N1S(=O)(=O)c1ccc(C)cc1. The summed E-state index contributed by atoms with van der Waals surface area (Å²) in [6.45, 7) is 5.62. The van der Waals surface area contributed by atoms with Crippen LogP contribution in [0.4, 0.5) is 0 Å². The van der Waals surface area contributed by atoms with Crippen LogP contribution in [-0.4, -0.2) is 37.4 Å². The van der Waals surface area contributed by atoms with Crippen molar-refractivity contribution in [3.63, 3.8) is 0 Å². The second-order valence-corrected chi connectivity index (χ2v) is 9.95. The molecular formula is C22H25NO4S2. The molecule has 5 nitrogen and oxygen atoms in total. The highest BCUT2D eigenvalue weighted by Crippen LogP contribution is 2.37. The summed E-state index contributed by atoms with van der Waals surface area (Å²) in [6, 6.07) is 15.1. The van der Waals surface area contributed by atoms with E-state index in [4.69, 9.17) is 4.74 Å². The smallest absolute Gasteiger partial charge is 0.324 e. The Bertz CT molecular complexity index is 985. The molecule has 0 aliphatic carbocycles. The van der Waals surface area contributed by atoms with Gasteiger partial charge in [0, 0.05) is 17.4 Å². The normalized spacial score (nSPS) is 20.2. The van der Waals surface area contributed by atoms with Gasteiger partial charge in [-0.25, -0.2) is 8.42 Å². The van der Waals surface area contributed by atoms with Crippen molar-refractivity contribution in [1.82, 2.24) is 4.31 Å². The number of thioether (sulfide) groups is 1. The molecule has 3 rings (SSSR count). The topological polar surface area (TPSA) is 63.7 Å². The lowest BCUT2D eigenvalue weighted by atomic mass is 10.1. The molecule has 0 unspecified atom stereocenters. The maximum Gasteiger partial charge on any atom is 0.324 e. The van der Waals surface area contributed by atoms with Gasteiger partial charge in [0.05, 0.1) is 11.5 Å². The Morgan fingerprint density at radius 3 is 2.41 bits per heavy atom. The van der Waals surface area contributed by atoms with E-state index in [-0.39, 0.29) is 17.9 Å². The molecule has 0 spiro atoms. The van der Waals surface area contributed by atoms with Crippen LogP contribution >= 0.6 is 11.8 Å². The number of aryl methyl sites for hydroxylation is 1. The second-order valence-electron chi connectivity index (χ2n) is 6.91. The first kappa shape index (κ1) is 21.6. The molecule has 0 fully saturated rings.